The van der Waals surface area contributed by atoms with Gasteiger partial charge in [-0.3, -0.25) is 0 Å². The van der Waals surface area contributed by atoms with Gasteiger partial charge in [0.2, 0.25) is 0 Å². The van der Waals surface area contributed by atoms with Crippen LogP contribution in [0.1, 0.15) is 12.5 Å². The van der Waals surface area contributed by atoms with E-state index in [-0.39, 0.29) is 11.1 Å². The van der Waals surface area contributed by atoms with Gasteiger partial charge in [-0.05, 0) is 30.2 Å². The summed E-state index contributed by atoms with van der Waals surface area (Å²) < 4.78 is 0. The minimum absolute atomic E-state index is 0.0776. The van der Waals surface area contributed by atoms with E-state index in [0.717, 1.165) is 6.08 Å². The second-order valence-corrected chi connectivity index (χ2v) is 3.40. The molecule has 0 spiro atoms. The summed E-state index contributed by atoms with van der Waals surface area (Å²) in [6.07, 6.45) is 2.08. The molecule has 88 valence electrons. The minimum atomic E-state index is -1.44. The number of carboxylic acids is 2. The SMILES string of the molecule is CC(=C\C(=O)[O-])/C(=C\c1ccccc1)C(=O)[O-]. The Bertz CT molecular complexity index is 483. The van der Waals surface area contributed by atoms with Crippen molar-refractivity contribution < 1.29 is 19.8 Å². The van der Waals surface area contributed by atoms with Crippen molar-refractivity contribution in [3.63, 3.8) is 0 Å². The molecule has 0 bridgehead atoms. The normalized spacial score (nSPS) is 12.3. The number of carbonyl (C=O) groups is 2. The molecule has 0 radical (unpaired) electrons. The maximum absolute atomic E-state index is 10.9. The molecule has 0 aliphatic rings. The molecule has 0 saturated carbocycles. The van der Waals surface area contributed by atoms with E-state index >= 15 is 0 Å². The van der Waals surface area contributed by atoms with Gasteiger partial charge in [-0.2, -0.15) is 0 Å². The molecule has 0 aliphatic heterocycles. The van der Waals surface area contributed by atoms with Crippen LogP contribution in [0.4, 0.5) is 0 Å². The second kappa shape index (κ2) is 5.65. The van der Waals surface area contributed by atoms with Gasteiger partial charge in [0.15, 0.2) is 0 Å². The van der Waals surface area contributed by atoms with Gasteiger partial charge in [0, 0.05) is 5.57 Å². The Balaban J connectivity index is 3.15. The summed E-state index contributed by atoms with van der Waals surface area (Å²) in [7, 11) is 0. The average Bonchev–Trinajstić information content (AvgIpc) is 2.25. The molecular weight excluding hydrogens is 220 g/mol. The monoisotopic (exact) mass is 230 g/mol. The van der Waals surface area contributed by atoms with Crippen LogP contribution in [0.15, 0.2) is 47.6 Å². The van der Waals surface area contributed by atoms with Gasteiger partial charge in [0.05, 0.1) is 11.9 Å². The van der Waals surface area contributed by atoms with E-state index in [0.29, 0.717) is 5.56 Å². The number of carbonyl (C=O) groups excluding carboxylic acids is 2. The number of aliphatic carboxylic acids is 2. The topological polar surface area (TPSA) is 80.3 Å². The number of benzene rings is 1. The molecule has 0 saturated heterocycles. The summed E-state index contributed by atoms with van der Waals surface area (Å²) in [6.45, 7) is 1.38. The van der Waals surface area contributed by atoms with Gasteiger partial charge >= 0.3 is 0 Å². The summed E-state index contributed by atoms with van der Waals surface area (Å²) in [4.78, 5) is 21.3. The first-order valence-corrected chi connectivity index (χ1v) is 4.88. The number of rotatable bonds is 4. The van der Waals surface area contributed by atoms with E-state index in [1.807, 2.05) is 0 Å². The maximum Gasteiger partial charge on any atom is 0.0718 e. The van der Waals surface area contributed by atoms with E-state index in [9.17, 15) is 19.8 Å². The Morgan fingerprint density at radius 2 is 1.71 bits per heavy atom. The quantitative estimate of drug-likeness (QED) is 0.516. The summed E-state index contributed by atoms with van der Waals surface area (Å²) in [5.41, 5.74) is 0.548. The zero-order valence-electron chi connectivity index (χ0n) is 9.17. The molecule has 1 aromatic rings. The van der Waals surface area contributed by atoms with E-state index in [4.69, 9.17) is 0 Å². The van der Waals surface area contributed by atoms with Crippen LogP contribution in [0.2, 0.25) is 0 Å². The van der Waals surface area contributed by atoms with E-state index in [2.05, 4.69) is 0 Å². The van der Waals surface area contributed by atoms with Gasteiger partial charge in [-0.25, -0.2) is 0 Å². The van der Waals surface area contributed by atoms with Gasteiger partial charge in [-0.1, -0.05) is 30.3 Å². The molecule has 0 atom stereocenters. The molecular formula is C13H10O4-2. The third kappa shape index (κ3) is 3.95. The lowest BCUT2D eigenvalue weighted by atomic mass is 10.0. The zero-order valence-corrected chi connectivity index (χ0v) is 9.17. The van der Waals surface area contributed by atoms with Crippen molar-refractivity contribution in [1.29, 1.82) is 0 Å². The molecule has 0 aromatic heterocycles. The molecule has 0 unspecified atom stereocenters. The van der Waals surface area contributed by atoms with Gasteiger partial charge in [0.1, 0.15) is 0 Å². The molecule has 0 amide bonds. The first-order chi connectivity index (χ1) is 8.00. The maximum atomic E-state index is 10.9. The first kappa shape index (κ1) is 12.7. The highest BCUT2D eigenvalue weighted by Gasteiger charge is 2.01. The Kier molecular flexibility index (Phi) is 4.22. The molecule has 4 nitrogen and oxygen atoms in total. The molecule has 0 heterocycles. The van der Waals surface area contributed by atoms with Crippen LogP contribution < -0.4 is 10.2 Å². The highest BCUT2D eigenvalue weighted by molar-refractivity contribution is 5.97. The van der Waals surface area contributed by atoms with Crippen molar-refractivity contribution in [2.24, 2.45) is 0 Å². The van der Waals surface area contributed by atoms with E-state index in [1.54, 1.807) is 30.3 Å². The van der Waals surface area contributed by atoms with Crippen LogP contribution in [-0.2, 0) is 9.59 Å². The summed E-state index contributed by atoms with van der Waals surface area (Å²) in [6, 6.07) is 8.69. The molecule has 0 fully saturated rings. The smallest absolute Gasteiger partial charge is 0.0718 e. The van der Waals surface area contributed by atoms with Gasteiger partial charge in [0.25, 0.3) is 0 Å². The lowest BCUT2D eigenvalue weighted by molar-refractivity contribution is -0.298. The zero-order chi connectivity index (χ0) is 12.8. The predicted molar refractivity (Wildman–Crippen MR) is 58.2 cm³/mol. The van der Waals surface area contributed by atoms with E-state index < -0.39 is 11.9 Å². The molecule has 0 aliphatic carbocycles. The van der Waals surface area contributed by atoms with Gasteiger partial charge in [-0.15, -0.1) is 0 Å². The Hall–Kier alpha value is -2.36. The largest absolute Gasteiger partial charge is 0.545 e. The van der Waals surface area contributed by atoms with Crippen molar-refractivity contribution in [1.82, 2.24) is 0 Å². The fourth-order valence-corrected chi connectivity index (χ4v) is 1.30. The number of carboxylic acid groups (broad SMARTS) is 2. The molecule has 1 rings (SSSR count). The summed E-state index contributed by atoms with van der Waals surface area (Å²) in [5.74, 6) is -2.87. The molecule has 4 heteroatoms. The Morgan fingerprint density at radius 1 is 1.12 bits per heavy atom. The van der Waals surface area contributed by atoms with Crippen LogP contribution >= 0.6 is 0 Å². The number of hydrogen-bond acceptors (Lipinski definition) is 4. The van der Waals surface area contributed by atoms with Crippen molar-refractivity contribution >= 4 is 18.0 Å². The lowest BCUT2D eigenvalue weighted by Gasteiger charge is -2.10. The highest BCUT2D eigenvalue weighted by Crippen LogP contribution is 2.13. The standard InChI is InChI=1S/C13H12O4/c1-9(7-12(14)15)11(13(16)17)8-10-5-3-2-4-6-10/h2-8H,1H3,(H,14,15)(H,16,17)/p-2/b9-7+,11-8+. The van der Waals surface area contributed by atoms with Crippen LogP contribution in [0.25, 0.3) is 6.08 Å². The van der Waals surface area contributed by atoms with Crippen molar-refractivity contribution in [2.75, 3.05) is 0 Å². The van der Waals surface area contributed by atoms with E-state index in [1.165, 1.54) is 13.0 Å². The lowest BCUT2D eigenvalue weighted by Crippen LogP contribution is -2.26. The summed E-state index contributed by atoms with van der Waals surface area (Å²) >= 11 is 0. The van der Waals surface area contributed by atoms with Crippen molar-refractivity contribution in [2.45, 2.75) is 6.92 Å². The highest BCUT2D eigenvalue weighted by atomic mass is 16.4. The number of hydrogen-bond donors (Lipinski definition) is 0. The van der Waals surface area contributed by atoms with Crippen molar-refractivity contribution in [3.8, 4) is 0 Å². The van der Waals surface area contributed by atoms with Crippen LogP contribution in [-0.4, -0.2) is 11.9 Å². The third-order valence-corrected chi connectivity index (χ3v) is 2.09. The Labute approximate surface area is 98.5 Å². The fourth-order valence-electron chi connectivity index (χ4n) is 1.30. The molecule has 1 aromatic carbocycles. The fraction of sp³-hybridized carbons (Fsp3) is 0.0769. The predicted octanol–water partition coefficient (Wildman–Crippen LogP) is -0.484. The van der Waals surface area contributed by atoms with Crippen LogP contribution in [0.3, 0.4) is 0 Å². The third-order valence-electron chi connectivity index (χ3n) is 2.09. The second-order valence-electron chi connectivity index (χ2n) is 3.40. The first-order valence-electron chi connectivity index (χ1n) is 4.88. The van der Waals surface area contributed by atoms with Crippen LogP contribution in [0.5, 0.6) is 0 Å². The minimum Gasteiger partial charge on any atom is -0.545 e. The van der Waals surface area contributed by atoms with Gasteiger partial charge < -0.3 is 19.8 Å². The van der Waals surface area contributed by atoms with Crippen LogP contribution in [0, 0.1) is 0 Å². The average molecular weight is 230 g/mol. The van der Waals surface area contributed by atoms with Crippen molar-refractivity contribution in [3.05, 3.63) is 53.1 Å². The molecule has 17 heavy (non-hydrogen) atoms. The Morgan fingerprint density at radius 3 is 2.18 bits per heavy atom. The summed E-state index contributed by atoms with van der Waals surface area (Å²) in [5, 5.41) is 21.3. The molecule has 0 N–H and O–H groups in total.